The van der Waals surface area contributed by atoms with E-state index in [1.807, 2.05) is 19.9 Å². The number of carbonyl (C=O) groups is 1. The molecule has 0 bridgehead atoms. The summed E-state index contributed by atoms with van der Waals surface area (Å²) in [6.45, 7) is 4.38. The Morgan fingerprint density at radius 3 is 2.72 bits per heavy atom. The minimum absolute atomic E-state index is 0.177. The normalized spacial score (nSPS) is 19.8. The average Bonchev–Trinajstić information content (AvgIpc) is 3.39. The molecule has 0 aromatic carbocycles. The second kappa shape index (κ2) is 7.50. The molecule has 2 aromatic rings. The molecule has 1 aliphatic carbocycles. The maximum absolute atomic E-state index is 13.4. The Morgan fingerprint density at radius 2 is 2.03 bits per heavy atom. The smallest absolute Gasteiger partial charge is 0.361 e. The average molecular weight is 410 g/mol. The number of fused-ring (bicyclic) bond motifs is 1. The number of halogens is 3. The SMILES string of the molecule is CC(C)c1cc([C@H]2CCCN2C(=O)Cn2nc(C(F)(F)F)c3c2CCCC3)no1. The second-order valence-corrected chi connectivity index (χ2v) is 8.19. The first-order chi connectivity index (χ1) is 13.8. The van der Waals surface area contributed by atoms with Crippen LogP contribution in [0.25, 0.3) is 0 Å². The number of amides is 1. The molecule has 0 radical (unpaired) electrons. The van der Waals surface area contributed by atoms with Crippen molar-refractivity contribution >= 4 is 5.91 Å². The molecule has 0 N–H and O–H groups in total. The molecule has 9 heteroatoms. The van der Waals surface area contributed by atoms with Gasteiger partial charge in [-0.05, 0) is 38.5 Å². The van der Waals surface area contributed by atoms with Crippen LogP contribution in [0.5, 0.6) is 0 Å². The number of rotatable bonds is 4. The predicted octanol–water partition coefficient (Wildman–Crippen LogP) is 4.26. The largest absolute Gasteiger partial charge is 0.435 e. The molecule has 6 nitrogen and oxygen atoms in total. The van der Waals surface area contributed by atoms with Crippen LogP contribution in [0.15, 0.2) is 10.6 Å². The van der Waals surface area contributed by atoms with Crippen molar-refractivity contribution in [3.63, 3.8) is 0 Å². The van der Waals surface area contributed by atoms with Gasteiger partial charge in [-0.2, -0.15) is 18.3 Å². The minimum atomic E-state index is -4.50. The minimum Gasteiger partial charge on any atom is -0.361 e. The molecule has 1 fully saturated rings. The van der Waals surface area contributed by atoms with Crippen LogP contribution in [-0.2, 0) is 30.4 Å². The number of carbonyl (C=O) groups excluding carboxylic acids is 1. The van der Waals surface area contributed by atoms with E-state index in [0.717, 1.165) is 25.0 Å². The number of likely N-dealkylation sites (tertiary alicyclic amines) is 1. The highest BCUT2D eigenvalue weighted by molar-refractivity contribution is 5.77. The third-order valence-electron chi connectivity index (χ3n) is 5.84. The molecule has 2 aromatic heterocycles. The standard InChI is InChI=1S/C20H25F3N4O2/c1-12(2)17-10-14(25-29-17)16-8-5-9-26(16)18(28)11-27-15-7-4-3-6-13(15)19(24-27)20(21,22)23/h10,12,16H,3-9,11H2,1-2H3/t16-/m1/s1. The quantitative estimate of drug-likeness (QED) is 0.756. The van der Waals surface area contributed by atoms with Gasteiger partial charge < -0.3 is 9.42 Å². The van der Waals surface area contributed by atoms with E-state index in [0.29, 0.717) is 37.2 Å². The fourth-order valence-electron chi connectivity index (χ4n) is 4.35. The second-order valence-electron chi connectivity index (χ2n) is 8.19. The highest BCUT2D eigenvalue weighted by atomic mass is 19.4. The van der Waals surface area contributed by atoms with Crippen molar-refractivity contribution < 1.29 is 22.5 Å². The van der Waals surface area contributed by atoms with E-state index >= 15 is 0 Å². The van der Waals surface area contributed by atoms with Gasteiger partial charge in [0.2, 0.25) is 5.91 Å². The Hall–Kier alpha value is -2.32. The summed E-state index contributed by atoms with van der Waals surface area (Å²) in [7, 11) is 0. The predicted molar refractivity (Wildman–Crippen MR) is 98.2 cm³/mol. The summed E-state index contributed by atoms with van der Waals surface area (Å²) < 4.78 is 46.8. The molecule has 2 aliphatic rings. The van der Waals surface area contributed by atoms with Crippen molar-refractivity contribution in [2.75, 3.05) is 6.54 Å². The molecular weight excluding hydrogens is 385 g/mol. The van der Waals surface area contributed by atoms with Crippen molar-refractivity contribution in [1.82, 2.24) is 19.8 Å². The first-order valence-corrected chi connectivity index (χ1v) is 10.2. The fraction of sp³-hybridized carbons (Fsp3) is 0.650. The number of aromatic nitrogens is 3. The van der Waals surface area contributed by atoms with Crippen molar-refractivity contribution in [3.8, 4) is 0 Å². The molecule has 29 heavy (non-hydrogen) atoms. The number of nitrogens with zero attached hydrogens (tertiary/aromatic N) is 4. The highest BCUT2D eigenvalue weighted by Gasteiger charge is 2.40. The zero-order valence-corrected chi connectivity index (χ0v) is 16.6. The lowest BCUT2D eigenvalue weighted by Gasteiger charge is -2.23. The zero-order valence-electron chi connectivity index (χ0n) is 16.6. The summed E-state index contributed by atoms with van der Waals surface area (Å²) >= 11 is 0. The van der Waals surface area contributed by atoms with Gasteiger partial charge >= 0.3 is 6.18 Å². The fourth-order valence-corrected chi connectivity index (χ4v) is 4.35. The molecule has 1 atom stereocenters. The van der Waals surface area contributed by atoms with Crippen molar-refractivity contribution in [1.29, 1.82) is 0 Å². The van der Waals surface area contributed by atoms with E-state index in [9.17, 15) is 18.0 Å². The van der Waals surface area contributed by atoms with Gasteiger partial charge in [0.15, 0.2) is 5.69 Å². The summed E-state index contributed by atoms with van der Waals surface area (Å²) in [5.41, 5.74) is 0.679. The lowest BCUT2D eigenvalue weighted by molar-refractivity contribution is -0.142. The molecular formula is C20H25F3N4O2. The maximum Gasteiger partial charge on any atom is 0.435 e. The van der Waals surface area contributed by atoms with E-state index in [4.69, 9.17) is 4.52 Å². The van der Waals surface area contributed by atoms with Gasteiger partial charge in [0, 0.05) is 29.8 Å². The molecule has 3 heterocycles. The topological polar surface area (TPSA) is 64.2 Å². The van der Waals surface area contributed by atoms with Crippen LogP contribution >= 0.6 is 0 Å². The van der Waals surface area contributed by atoms with Gasteiger partial charge in [-0.25, -0.2) is 0 Å². The number of hydrogen-bond acceptors (Lipinski definition) is 4. The summed E-state index contributed by atoms with van der Waals surface area (Å²) in [6, 6.07) is 1.67. The van der Waals surface area contributed by atoms with E-state index < -0.39 is 11.9 Å². The van der Waals surface area contributed by atoms with Crippen molar-refractivity contribution in [2.45, 2.75) is 77.1 Å². The zero-order chi connectivity index (χ0) is 20.8. The third kappa shape index (κ3) is 3.79. The van der Waals surface area contributed by atoms with Crippen LogP contribution in [0.2, 0.25) is 0 Å². The molecule has 4 rings (SSSR count). The van der Waals surface area contributed by atoms with Crippen LogP contribution in [0, 0.1) is 0 Å². The Balaban J connectivity index is 1.56. The van der Waals surface area contributed by atoms with Crippen LogP contribution in [0.3, 0.4) is 0 Å². The molecule has 1 amide bonds. The molecule has 0 unspecified atom stereocenters. The monoisotopic (exact) mass is 410 g/mol. The summed E-state index contributed by atoms with van der Waals surface area (Å²) in [5.74, 6) is 0.722. The highest BCUT2D eigenvalue weighted by Crippen LogP contribution is 2.37. The number of hydrogen-bond donors (Lipinski definition) is 0. The van der Waals surface area contributed by atoms with Crippen LogP contribution in [0.1, 0.15) is 79.9 Å². The first-order valence-electron chi connectivity index (χ1n) is 10.2. The summed E-state index contributed by atoms with van der Waals surface area (Å²) in [4.78, 5) is 14.7. The van der Waals surface area contributed by atoms with Gasteiger partial charge in [-0.15, -0.1) is 0 Å². The van der Waals surface area contributed by atoms with Gasteiger partial charge in [0.25, 0.3) is 0 Å². The molecule has 0 saturated carbocycles. The molecule has 158 valence electrons. The van der Waals surface area contributed by atoms with Crippen LogP contribution < -0.4 is 0 Å². The lowest BCUT2D eigenvalue weighted by atomic mass is 9.95. The van der Waals surface area contributed by atoms with Gasteiger partial charge in [-0.3, -0.25) is 9.48 Å². The maximum atomic E-state index is 13.4. The van der Waals surface area contributed by atoms with E-state index in [1.54, 1.807) is 4.90 Å². The Labute approximate surface area is 167 Å². The van der Waals surface area contributed by atoms with Crippen molar-refractivity contribution in [3.05, 3.63) is 34.5 Å². The number of alkyl halides is 3. The van der Waals surface area contributed by atoms with E-state index in [-0.39, 0.29) is 30.0 Å². The van der Waals surface area contributed by atoms with E-state index in [1.165, 1.54) is 4.68 Å². The molecule has 1 aliphatic heterocycles. The van der Waals surface area contributed by atoms with Crippen molar-refractivity contribution in [2.24, 2.45) is 0 Å². The van der Waals surface area contributed by atoms with E-state index in [2.05, 4.69) is 10.3 Å². The Kier molecular flexibility index (Phi) is 5.16. The Morgan fingerprint density at radius 1 is 1.28 bits per heavy atom. The first kappa shape index (κ1) is 20.0. The van der Waals surface area contributed by atoms with Crippen LogP contribution in [0.4, 0.5) is 13.2 Å². The van der Waals surface area contributed by atoms with Gasteiger partial charge in [0.05, 0.1) is 6.04 Å². The van der Waals surface area contributed by atoms with Gasteiger partial charge in [-0.1, -0.05) is 19.0 Å². The molecule has 1 saturated heterocycles. The summed E-state index contributed by atoms with van der Waals surface area (Å²) in [6.07, 6.45) is -0.495. The molecule has 0 spiro atoms. The third-order valence-corrected chi connectivity index (χ3v) is 5.84. The van der Waals surface area contributed by atoms with Gasteiger partial charge in [0.1, 0.15) is 18.0 Å². The lowest BCUT2D eigenvalue weighted by Crippen LogP contribution is -2.34. The summed E-state index contributed by atoms with van der Waals surface area (Å²) in [5, 5.41) is 7.94. The Bertz CT molecular complexity index is 900. The van der Waals surface area contributed by atoms with Crippen LogP contribution in [-0.4, -0.2) is 32.3 Å².